The van der Waals surface area contributed by atoms with Gasteiger partial charge >= 0.3 is 5.97 Å². The number of nitrogens with one attached hydrogen (secondary N) is 1. The number of benzene rings is 3. The van der Waals surface area contributed by atoms with Crippen LogP contribution in [0.1, 0.15) is 15.9 Å². The van der Waals surface area contributed by atoms with E-state index in [1.54, 1.807) is 54.5 Å². The van der Waals surface area contributed by atoms with E-state index in [4.69, 9.17) is 14.8 Å². The average molecular weight is 492 g/mol. The van der Waals surface area contributed by atoms with E-state index < -0.39 is 18.4 Å². The lowest BCUT2D eigenvalue weighted by Gasteiger charge is -2.23. The number of aromatic nitrogens is 1. The minimum absolute atomic E-state index is 0.302. The molecule has 1 amide bonds. The van der Waals surface area contributed by atoms with E-state index in [1.807, 2.05) is 29.6 Å². The van der Waals surface area contributed by atoms with Gasteiger partial charge in [0.2, 0.25) is 0 Å². The number of carbonyl (C=O) groups excluding carboxylic acids is 1. The maximum Gasteiger partial charge on any atom is 0.322 e. The second-order valence-electron chi connectivity index (χ2n) is 7.53. The summed E-state index contributed by atoms with van der Waals surface area (Å²) in [5.74, 6) is -1.29. The highest BCUT2D eigenvalue weighted by Gasteiger charge is 2.19. The van der Waals surface area contributed by atoms with Crippen LogP contribution in [0.5, 0.6) is 5.75 Å². The molecule has 0 bridgehead atoms. The molecule has 0 aliphatic rings. The number of ether oxygens (including phenoxy) is 1. The van der Waals surface area contributed by atoms with Crippen molar-refractivity contribution in [3.63, 3.8) is 0 Å². The molecule has 0 saturated heterocycles. The Balaban J connectivity index is 1.63. The van der Waals surface area contributed by atoms with Gasteiger partial charge in [0.1, 0.15) is 18.1 Å². The number of aliphatic carboxylic acids is 1. The zero-order valence-electron chi connectivity index (χ0n) is 18.8. The lowest BCUT2D eigenvalue weighted by atomic mass is 10.1. The summed E-state index contributed by atoms with van der Waals surface area (Å²) in [6.45, 7) is -0.156. The van der Waals surface area contributed by atoms with Crippen LogP contribution < -0.4 is 15.0 Å². The molecular formula is C26H22FN3O4S. The Bertz CT molecular complexity index is 1340. The van der Waals surface area contributed by atoms with Crippen molar-refractivity contribution in [2.24, 2.45) is 0 Å². The normalized spacial score (nSPS) is 10.6. The Kier molecular flexibility index (Phi) is 7.37. The largest absolute Gasteiger partial charge is 0.496 e. The van der Waals surface area contributed by atoms with Crippen LogP contribution in [0.25, 0.3) is 11.3 Å². The number of hydrogen-bond donors (Lipinski definition) is 2. The molecule has 178 valence electrons. The van der Waals surface area contributed by atoms with Crippen molar-refractivity contribution in [1.82, 2.24) is 10.3 Å². The van der Waals surface area contributed by atoms with E-state index in [9.17, 15) is 14.0 Å². The van der Waals surface area contributed by atoms with Crippen LogP contribution in [0.3, 0.4) is 0 Å². The number of carboxylic acid groups (broad SMARTS) is 1. The first-order chi connectivity index (χ1) is 17.0. The molecule has 0 saturated carbocycles. The lowest BCUT2D eigenvalue weighted by Crippen LogP contribution is -2.29. The van der Waals surface area contributed by atoms with Gasteiger partial charge in [0, 0.05) is 16.5 Å². The van der Waals surface area contributed by atoms with Gasteiger partial charge in [0.05, 0.1) is 25.0 Å². The van der Waals surface area contributed by atoms with E-state index in [2.05, 4.69) is 5.32 Å². The first-order valence-electron chi connectivity index (χ1n) is 10.7. The zero-order chi connectivity index (χ0) is 24.8. The molecule has 2 N–H and O–H groups in total. The van der Waals surface area contributed by atoms with Crippen LogP contribution in [0.2, 0.25) is 0 Å². The molecule has 0 aliphatic heterocycles. The number of nitrogens with zero attached hydrogens (tertiary/aromatic N) is 2. The molecule has 0 aliphatic carbocycles. The molecule has 1 aromatic heterocycles. The van der Waals surface area contributed by atoms with Gasteiger partial charge in [-0.15, -0.1) is 11.3 Å². The van der Waals surface area contributed by atoms with E-state index in [-0.39, 0.29) is 5.82 Å². The van der Waals surface area contributed by atoms with Gasteiger partial charge in [-0.05, 0) is 42.0 Å². The second-order valence-corrected chi connectivity index (χ2v) is 8.36. The lowest BCUT2D eigenvalue weighted by molar-refractivity contribution is -0.135. The highest BCUT2D eigenvalue weighted by molar-refractivity contribution is 7.14. The quantitative estimate of drug-likeness (QED) is 0.338. The van der Waals surface area contributed by atoms with Gasteiger partial charge in [-0.25, -0.2) is 9.37 Å². The molecule has 1 heterocycles. The monoisotopic (exact) mass is 491 g/mol. The SMILES string of the molecule is COc1ccccc1-c1csc(N(Cc2ccc(C(=O)NCC(=O)O)cc2)c2ccccc2F)n1. The summed E-state index contributed by atoms with van der Waals surface area (Å²) < 4.78 is 20.3. The summed E-state index contributed by atoms with van der Waals surface area (Å²) >= 11 is 1.38. The number of halogens is 1. The number of anilines is 2. The van der Waals surface area contributed by atoms with Crippen LogP contribution in [-0.2, 0) is 11.3 Å². The minimum Gasteiger partial charge on any atom is -0.496 e. The number of methoxy groups -OCH3 is 1. The summed E-state index contributed by atoms with van der Waals surface area (Å²) in [4.78, 5) is 29.3. The Hall–Kier alpha value is -4.24. The van der Waals surface area contributed by atoms with Crippen molar-refractivity contribution in [2.45, 2.75) is 6.54 Å². The molecule has 0 radical (unpaired) electrons. The van der Waals surface area contributed by atoms with Gasteiger partial charge in [0.25, 0.3) is 5.91 Å². The first kappa shape index (κ1) is 23.9. The topological polar surface area (TPSA) is 91.8 Å². The molecule has 0 spiro atoms. The molecule has 0 unspecified atom stereocenters. The van der Waals surface area contributed by atoms with Gasteiger partial charge in [-0.2, -0.15) is 0 Å². The van der Waals surface area contributed by atoms with Gasteiger partial charge in [-0.1, -0.05) is 36.4 Å². The van der Waals surface area contributed by atoms with E-state index in [0.29, 0.717) is 34.4 Å². The Morgan fingerprint density at radius 1 is 1.06 bits per heavy atom. The van der Waals surface area contributed by atoms with Crippen molar-refractivity contribution in [1.29, 1.82) is 0 Å². The smallest absolute Gasteiger partial charge is 0.322 e. The fraction of sp³-hybridized carbons (Fsp3) is 0.115. The number of carboxylic acids is 1. The van der Waals surface area contributed by atoms with Crippen LogP contribution in [0.15, 0.2) is 78.2 Å². The standard InChI is InChI=1S/C26H22FN3O4S/c1-34-23-9-5-2-6-19(23)21-16-35-26(29-21)30(22-8-4-3-7-20(22)27)15-17-10-12-18(13-11-17)25(33)28-14-24(31)32/h2-13,16H,14-15H2,1H3,(H,28,33)(H,31,32). The van der Waals surface area contributed by atoms with Crippen LogP contribution in [0, 0.1) is 5.82 Å². The summed E-state index contributed by atoms with van der Waals surface area (Å²) in [5.41, 5.74) is 3.07. The summed E-state index contributed by atoms with van der Waals surface area (Å²) in [5, 5.41) is 13.6. The van der Waals surface area contributed by atoms with Gasteiger partial charge in [0.15, 0.2) is 5.13 Å². The number of thiazole rings is 1. The third-order valence-electron chi connectivity index (χ3n) is 5.21. The molecule has 35 heavy (non-hydrogen) atoms. The molecule has 7 nitrogen and oxygen atoms in total. The number of carbonyl (C=O) groups is 2. The highest BCUT2D eigenvalue weighted by Crippen LogP contribution is 2.37. The summed E-state index contributed by atoms with van der Waals surface area (Å²) in [7, 11) is 1.60. The molecule has 3 aromatic carbocycles. The number of amides is 1. The minimum atomic E-state index is -1.12. The second kappa shape index (κ2) is 10.8. The van der Waals surface area contributed by atoms with Crippen molar-refractivity contribution in [2.75, 3.05) is 18.6 Å². The molecule has 4 aromatic rings. The highest BCUT2D eigenvalue weighted by atomic mass is 32.1. The van der Waals surface area contributed by atoms with Crippen molar-refractivity contribution >= 4 is 34.0 Å². The van der Waals surface area contributed by atoms with Crippen LogP contribution in [-0.4, -0.2) is 35.6 Å². The number of hydrogen-bond acceptors (Lipinski definition) is 6. The van der Waals surface area contributed by atoms with Crippen molar-refractivity contribution in [3.8, 4) is 17.0 Å². The molecule has 9 heteroatoms. The maximum absolute atomic E-state index is 14.8. The van der Waals surface area contributed by atoms with Gasteiger partial charge < -0.3 is 20.1 Å². The first-order valence-corrected chi connectivity index (χ1v) is 11.5. The number of rotatable bonds is 9. The van der Waals surface area contributed by atoms with E-state index >= 15 is 0 Å². The van der Waals surface area contributed by atoms with E-state index in [0.717, 1.165) is 11.1 Å². The predicted molar refractivity (Wildman–Crippen MR) is 133 cm³/mol. The third kappa shape index (κ3) is 5.64. The molecule has 4 rings (SSSR count). The van der Waals surface area contributed by atoms with Crippen LogP contribution >= 0.6 is 11.3 Å². The number of para-hydroxylation sites is 2. The van der Waals surface area contributed by atoms with E-state index in [1.165, 1.54) is 17.4 Å². The fourth-order valence-electron chi connectivity index (χ4n) is 3.50. The molecule has 0 atom stereocenters. The Labute approximate surface area is 205 Å². The maximum atomic E-state index is 14.8. The van der Waals surface area contributed by atoms with Gasteiger partial charge in [-0.3, -0.25) is 9.59 Å². The Morgan fingerprint density at radius 2 is 1.77 bits per heavy atom. The molecular weight excluding hydrogens is 469 g/mol. The third-order valence-corrected chi connectivity index (χ3v) is 6.07. The zero-order valence-corrected chi connectivity index (χ0v) is 19.6. The predicted octanol–water partition coefficient (Wildman–Crippen LogP) is 5.11. The summed E-state index contributed by atoms with van der Waals surface area (Å²) in [6, 6.07) is 20.7. The van der Waals surface area contributed by atoms with Crippen LogP contribution in [0.4, 0.5) is 15.2 Å². The summed E-state index contributed by atoms with van der Waals surface area (Å²) in [6.07, 6.45) is 0. The average Bonchev–Trinajstić information content (AvgIpc) is 3.36. The van der Waals surface area contributed by atoms with Crippen molar-refractivity contribution in [3.05, 3.63) is 95.1 Å². The fourth-order valence-corrected chi connectivity index (χ4v) is 4.33. The Morgan fingerprint density at radius 3 is 2.49 bits per heavy atom. The van der Waals surface area contributed by atoms with Crippen molar-refractivity contribution < 1.29 is 23.8 Å². The molecule has 0 fully saturated rings.